The summed E-state index contributed by atoms with van der Waals surface area (Å²) in [7, 11) is -5.65. The fraction of sp³-hybridized carbons (Fsp3) is 0.0805. The summed E-state index contributed by atoms with van der Waals surface area (Å²) in [6.45, 7) is 9.69. The van der Waals surface area contributed by atoms with E-state index in [1.165, 1.54) is 67.2 Å². The van der Waals surface area contributed by atoms with Crippen molar-refractivity contribution < 1.29 is 17.4 Å². The van der Waals surface area contributed by atoms with Gasteiger partial charge in [0.15, 0.2) is 58.4 Å². The fourth-order valence-corrected chi connectivity index (χ4v) is 26.9. The SMILES string of the molecule is CC(C)(C)c1ccc([S+]2c3ccccc3S(=O)(=O)c3ccccc32)cc1.CCN1c2ccccc2[S+](c2ccc(C(N)=O)cc2)c2ccccc21.CSc1ccc(-[s+]2c3ccccc3c(=O)c3ccccc32)cc1.O=S1c2ccccc2[S+](c2ccc(-c3ccccc3)cc2)c2ccccc21. The lowest BCUT2D eigenvalue weighted by molar-refractivity contribution is 0.1000. The highest BCUT2D eigenvalue weighted by molar-refractivity contribution is 8.01. The van der Waals surface area contributed by atoms with E-state index in [1.54, 1.807) is 36.0 Å². The van der Waals surface area contributed by atoms with Gasteiger partial charge in [-0.3, -0.25) is 9.59 Å². The fourth-order valence-electron chi connectivity index (χ4n) is 12.9. The molecule has 14 heteroatoms. The predicted octanol–water partition coefficient (Wildman–Crippen LogP) is 21.3. The van der Waals surface area contributed by atoms with Crippen LogP contribution in [-0.4, -0.2) is 31.3 Å². The normalized spacial score (nSPS) is 14.7. The van der Waals surface area contributed by atoms with Crippen molar-refractivity contribution in [3.8, 4) is 16.0 Å². The third-order valence-electron chi connectivity index (χ3n) is 17.8. The second kappa shape index (κ2) is 29.6. The van der Waals surface area contributed by atoms with E-state index in [2.05, 4.69) is 209 Å². The molecule has 7 nitrogen and oxygen atoms in total. The van der Waals surface area contributed by atoms with Crippen molar-refractivity contribution in [3.63, 3.8) is 0 Å². The Hall–Kier alpha value is -9.48. The molecule has 13 aromatic carbocycles. The van der Waals surface area contributed by atoms with Crippen LogP contribution in [0.25, 0.3) is 36.2 Å². The molecule has 4 heterocycles. The lowest BCUT2D eigenvalue weighted by atomic mass is 9.87. The molecule has 0 unspecified atom stereocenters. The first kappa shape index (κ1) is 68.6. The van der Waals surface area contributed by atoms with E-state index in [0.717, 1.165) is 51.2 Å². The summed E-state index contributed by atoms with van der Waals surface area (Å²) < 4.78 is 41.4. The van der Waals surface area contributed by atoms with E-state index in [-0.39, 0.29) is 43.1 Å². The van der Waals surface area contributed by atoms with Gasteiger partial charge in [-0.1, -0.05) is 160 Å². The van der Waals surface area contributed by atoms with Crippen molar-refractivity contribution in [3.05, 3.63) is 343 Å². The largest absolute Gasteiger partial charge is 0.366 e. The van der Waals surface area contributed by atoms with Gasteiger partial charge in [-0.2, -0.15) is 0 Å². The van der Waals surface area contributed by atoms with E-state index in [9.17, 15) is 22.2 Å². The van der Waals surface area contributed by atoms with Crippen LogP contribution >= 0.6 is 22.2 Å². The maximum atomic E-state index is 13.1. The van der Waals surface area contributed by atoms with Crippen LogP contribution in [0, 0.1) is 0 Å². The summed E-state index contributed by atoms with van der Waals surface area (Å²) in [6.07, 6.45) is 2.08. The van der Waals surface area contributed by atoms with Gasteiger partial charge < -0.3 is 10.6 Å². The number of fused-ring (bicyclic) bond motifs is 8. The summed E-state index contributed by atoms with van der Waals surface area (Å²) in [5.41, 5.74) is 12.4. The molecule has 0 fully saturated rings. The lowest BCUT2D eigenvalue weighted by Gasteiger charge is -2.30. The van der Waals surface area contributed by atoms with Crippen molar-refractivity contribution in [2.75, 3.05) is 17.7 Å². The Morgan fingerprint density at radius 3 is 1.29 bits per heavy atom. The molecule has 0 atom stereocenters. The van der Waals surface area contributed by atoms with Crippen molar-refractivity contribution in [1.82, 2.24) is 0 Å². The van der Waals surface area contributed by atoms with E-state index < -0.39 is 37.4 Å². The quantitative estimate of drug-likeness (QED) is 0.0915. The minimum Gasteiger partial charge on any atom is -0.366 e. The number of benzene rings is 13. The molecular formula is C87H72N2O5S7+4. The van der Waals surface area contributed by atoms with Crippen LogP contribution in [0.2, 0.25) is 0 Å². The minimum atomic E-state index is -3.47. The number of rotatable bonds is 8. The third-order valence-corrected chi connectivity index (χ3v) is 31.8. The number of thioether (sulfide) groups is 1. The molecule has 1 amide bonds. The first-order valence-corrected chi connectivity index (χ1v) is 41.9. The standard InChI is InChI=1S/C24H17OS2.C22H21O2S2.C21H18N2OS.C20H15OS2/c25-27-23-12-6-4-10-21(23)26(22-11-5-7-13-24(22)27)20-16-14-19(15-17-20)18-8-2-1-3-9-18;1-22(2,3)16-12-14-17(15-13-16)25-18-8-4-6-10-20(18)26(23,24)21-11-7-5-9-19(21)25;1-2-23-17-7-3-5-9-19(17)25(20-10-6-4-8-18(20)23)16-13-11-15(12-14-16)21(22)24;1-22-14-10-12-15(13-11-14)23-18-8-4-2-6-16(18)20(21)17-7-3-5-9-19(17)23/h1-17H;4-15H,1-3H3;3-14H,2H2,1H3,(H-,22,24);2-13H,1H3/q2*+1;;+1/p+1. The molecule has 14 aromatic rings. The predicted molar refractivity (Wildman–Crippen MR) is 423 cm³/mol. The monoisotopic (exact) mass is 1450 g/mol. The maximum Gasteiger partial charge on any atom is 0.248 e. The van der Waals surface area contributed by atoms with Crippen LogP contribution in [-0.2, 0) is 58.7 Å². The van der Waals surface area contributed by atoms with Crippen molar-refractivity contribution in [1.29, 1.82) is 0 Å². The summed E-state index contributed by atoms with van der Waals surface area (Å²) in [5, 5.41) is 1.67. The van der Waals surface area contributed by atoms with Gasteiger partial charge in [0, 0.05) is 27.5 Å². The summed E-state index contributed by atoms with van der Waals surface area (Å²) in [4.78, 5) is 42.1. The average Bonchev–Trinajstić information content (AvgIpc) is 0.747. The van der Waals surface area contributed by atoms with Gasteiger partial charge in [0.2, 0.25) is 21.2 Å². The molecule has 0 radical (unpaired) electrons. The number of carbonyl (C=O) groups is 1. The van der Waals surface area contributed by atoms with E-state index >= 15 is 0 Å². The van der Waals surface area contributed by atoms with Gasteiger partial charge in [0.05, 0.1) is 42.7 Å². The van der Waals surface area contributed by atoms with Gasteiger partial charge in [-0.25, -0.2) is 12.6 Å². The van der Waals surface area contributed by atoms with E-state index in [0.29, 0.717) is 15.4 Å². The highest BCUT2D eigenvalue weighted by atomic mass is 32.2. The van der Waals surface area contributed by atoms with Crippen LogP contribution in [0.4, 0.5) is 11.4 Å². The Balaban J connectivity index is 0.000000115. The number of amides is 1. The molecule has 0 spiro atoms. The summed E-state index contributed by atoms with van der Waals surface area (Å²) in [6, 6.07) is 109. The van der Waals surface area contributed by atoms with Gasteiger partial charge in [0.25, 0.3) is 0 Å². The number of sulfone groups is 1. The number of nitrogens with two attached hydrogens (primary N) is 1. The van der Waals surface area contributed by atoms with Crippen LogP contribution in [0.15, 0.2) is 395 Å². The second-order valence-corrected chi connectivity index (χ2v) is 37.1. The summed E-state index contributed by atoms with van der Waals surface area (Å²) in [5.74, 6) is -0.392. The van der Waals surface area contributed by atoms with Crippen molar-refractivity contribution in [2.24, 2.45) is 5.73 Å². The highest BCUT2D eigenvalue weighted by Gasteiger charge is 2.46. The van der Waals surface area contributed by atoms with Crippen molar-refractivity contribution in [2.45, 2.75) is 102 Å². The molecule has 3 aliphatic rings. The first-order valence-electron chi connectivity index (χ1n) is 33.1. The molecule has 0 aliphatic carbocycles. The van der Waals surface area contributed by atoms with Crippen LogP contribution in [0.1, 0.15) is 43.6 Å². The number of hydrogen-bond acceptors (Lipinski definition) is 7. The van der Waals surface area contributed by atoms with Gasteiger partial charge in [0.1, 0.15) is 42.5 Å². The molecule has 0 bridgehead atoms. The maximum absolute atomic E-state index is 13.1. The van der Waals surface area contributed by atoms with Crippen LogP contribution in [0.5, 0.6) is 0 Å². The average molecular weight is 1450 g/mol. The number of nitrogens with zero attached hydrogens (tertiary/aromatic N) is 1. The Labute approximate surface area is 609 Å². The zero-order valence-electron chi connectivity index (χ0n) is 56.2. The smallest absolute Gasteiger partial charge is 0.248 e. The number of carbonyl (C=O) groups excluding carboxylic acids is 1. The number of primary amides is 1. The van der Waals surface area contributed by atoms with Gasteiger partial charge in [-0.05, 0) is 217 Å². The van der Waals surface area contributed by atoms with Crippen LogP contribution in [0.3, 0.4) is 0 Å². The topological polar surface area (TPSA) is 115 Å². The number of para-hydroxylation sites is 2. The first-order chi connectivity index (χ1) is 49.1. The minimum absolute atomic E-state index is 0.0906. The van der Waals surface area contributed by atoms with E-state index in [1.807, 2.05) is 127 Å². The number of hydrogen-bond donors (Lipinski definition) is 1. The molecule has 101 heavy (non-hydrogen) atoms. The molecule has 0 saturated heterocycles. The molecular weight excluding hydrogens is 1380 g/mol. The molecule has 2 N–H and O–H groups in total. The molecule has 1 aromatic heterocycles. The third kappa shape index (κ3) is 13.6. The van der Waals surface area contributed by atoms with Gasteiger partial charge >= 0.3 is 0 Å². The van der Waals surface area contributed by atoms with E-state index in [4.69, 9.17) is 5.73 Å². The number of anilines is 2. The van der Waals surface area contributed by atoms with Crippen molar-refractivity contribution >= 4 is 113 Å². The molecule has 498 valence electrons. The Morgan fingerprint density at radius 1 is 0.436 bits per heavy atom. The second-order valence-electron chi connectivity index (χ2n) is 25.0. The highest BCUT2D eigenvalue weighted by Crippen LogP contribution is 2.50. The van der Waals surface area contributed by atoms with Gasteiger partial charge in [-0.15, -0.1) is 11.8 Å². The molecule has 0 saturated carbocycles. The summed E-state index contributed by atoms with van der Waals surface area (Å²) >= 11 is 1.74. The Bertz CT molecular complexity index is 5400. The zero-order chi connectivity index (χ0) is 69.9. The Kier molecular flexibility index (Phi) is 20.1. The molecule has 3 aliphatic heterocycles. The lowest BCUT2D eigenvalue weighted by Crippen LogP contribution is -2.26. The van der Waals surface area contributed by atoms with Crippen LogP contribution < -0.4 is 16.1 Å². The zero-order valence-corrected chi connectivity index (χ0v) is 61.9. The molecule has 17 rings (SSSR count). The Morgan fingerprint density at radius 2 is 0.812 bits per heavy atom.